The highest BCUT2D eigenvalue weighted by atomic mass is 16.4. The average Bonchev–Trinajstić information content (AvgIpc) is 2.30. The van der Waals surface area contributed by atoms with Crippen LogP contribution in [0.4, 0.5) is 5.69 Å². The van der Waals surface area contributed by atoms with Gasteiger partial charge in [0.2, 0.25) is 0 Å². The molecular weight excluding hydrogens is 214 g/mol. The van der Waals surface area contributed by atoms with Gasteiger partial charge in [0.05, 0.1) is 0 Å². The molecule has 0 fully saturated rings. The minimum absolute atomic E-state index is 0.269. The van der Waals surface area contributed by atoms with E-state index in [0.717, 1.165) is 25.9 Å². The van der Waals surface area contributed by atoms with Crippen molar-refractivity contribution < 1.29 is 9.90 Å². The van der Waals surface area contributed by atoms with Crippen LogP contribution in [0.25, 0.3) is 0 Å². The third-order valence-corrected chi connectivity index (χ3v) is 2.91. The maximum atomic E-state index is 10.4. The van der Waals surface area contributed by atoms with Gasteiger partial charge >= 0.3 is 5.97 Å². The Hall–Kier alpha value is -1.51. The van der Waals surface area contributed by atoms with Crippen molar-refractivity contribution in [2.75, 3.05) is 18.0 Å². The van der Waals surface area contributed by atoms with Crippen LogP contribution in [0.1, 0.15) is 31.7 Å². The second kappa shape index (κ2) is 6.94. The van der Waals surface area contributed by atoms with Gasteiger partial charge in [0.25, 0.3) is 0 Å². The van der Waals surface area contributed by atoms with E-state index in [1.165, 1.54) is 11.3 Å². The number of hydrogen-bond acceptors (Lipinski definition) is 2. The van der Waals surface area contributed by atoms with Gasteiger partial charge in [0.15, 0.2) is 0 Å². The number of carbonyl (C=O) groups is 1. The van der Waals surface area contributed by atoms with E-state index in [9.17, 15) is 4.79 Å². The molecule has 17 heavy (non-hydrogen) atoms. The van der Waals surface area contributed by atoms with Gasteiger partial charge in [-0.05, 0) is 38.3 Å². The summed E-state index contributed by atoms with van der Waals surface area (Å²) in [6.07, 6.45) is 1.94. The van der Waals surface area contributed by atoms with Crippen LogP contribution < -0.4 is 4.90 Å². The second-order valence-electron chi connectivity index (χ2n) is 4.22. The zero-order valence-corrected chi connectivity index (χ0v) is 10.6. The van der Waals surface area contributed by atoms with Crippen LogP contribution in [0.2, 0.25) is 0 Å². The van der Waals surface area contributed by atoms with Crippen molar-refractivity contribution in [1.29, 1.82) is 0 Å². The van der Waals surface area contributed by atoms with Crippen LogP contribution in [0, 0.1) is 6.92 Å². The highest BCUT2D eigenvalue weighted by Crippen LogP contribution is 2.19. The van der Waals surface area contributed by atoms with Gasteiger partial charge in [0, 0.05) is 25.2 Å². The third-order valence-electron chi connectivity index (χ3n) is 2.91. The Kier molecular flexibility index (Phi) is 5.53. The van der Waals surface area contributed by atoms with E-state index < -0.39 is 5.97 Å². The Balaban J connectivity index is 2.49. The zero-order chi connectivity index (χ0) is 12.7. The summed E-state index contributed by atoms with van der Waals surface area (Å²) in [7, 11) is 0. The SMILES string of the molecule is CCN(CCCCC(=O)O)c1ccccc1C. The number of aryl methyl sites for hydroxylation is 1. The Morgan fingerprint density at radius 1 is 1.29 bits per heavy atom. The van der Waals surface area contributed by atoms with Crippen molar-refractivity contribution in [3.63, 3.8) is 0 Å². The lowest BCUT2D eigenvalue weighted by Crippen LogP contribution is -2.24. The molecule has 0 atom stereocenters. The molecule has 0 aromatic heterocycles. The molecule has 0 aliphatic heterocycles. The van der Waals surface area contributed by atoms with E-state index >= 15 is 0 Å². The van der Waals surface area contributed by atoms with Crippen LogP contribution in [0.15, 0.2) is 24.3 Å². The molecule has 0 unspecified atom stereocenters. The zero-order valence-electron chi connectivity index (χ0n) is 10.6. The molecule has 1 aromatic carbocycles. The van der Waals surface area contributed by atoms with E-state index in [-0.39, 0.29) is 6.42 Å². The molecule has 0 spiro atoms. The number of hydrogen-bond donors (Lipinski definition) is 1. The van der Waals surface area contributed by atoms with E-state index in [1.807, 2.05) is 12.1 Å². The molecule has 0 saturated carbocycles. The lowest BCUT2D eigenvalue weighted by atomic mass is 10.1. The van der Waals surface area contributed by atoms with Crippen molar-refractivity contribution in [3.8, 4) is 0 Å². The van der Waals surface area contributed by atoms with E-state index in [1.54, 1.807) is 0 Å². The quantitative estimate of drug-likeness (QED) is 0.738. The van der Waals surface area contributed by atoms with Crippen LogP contribution in [0.5, 0.6) is 0 Å². The molecule has 0 aliphatic carbocycles. The van der Waals surface area contributed by atoms with Gasteiger partial charge in [-0.3, -0.25) is 4.79 Å². The molecule has 0 bridgehead atoms. The first-order chi connectivity index (χ1) is 8.15. The number of unbranched alkanes of at least 4 members (excludes halogenated alkanes) is 1. The van der Waals surface area contributed by atoms with Crippen LogP contribution in [0.3, 0.4) is 0 Å². The van der Waals surface area contributed by atoms with Crippen LogP contribution in [-0.4, -0.2) is 24.2 Å². The van der Waals surface area contributed by atoms with Crippen molar-refractivity contribution in [1.82, 2.24) is 0 Å². The molecule has 0 amide bonds. The average molecular weight is 235 g/mol. The Bertz CT molecular complexity index is 363. The largest absolute Gasteiger partial charge is 0.481 e. The van der Waals surface area contributed by atoms with Gasteiger partial charge in [-0.1, -0.05) is 18.2 Å². The number of para-hydroxylation sites is 1. The van der Waals surface area contributed by atoms with Gasteiger partial charge in [-0.15, -0.1) is 0 Å². The molecule has 3 nitrogen and oxygen atoms in total. The Morgan fingerprint density at radius 3 is 2.59 bits per heavy atom. The van der Waals surface area contributed by atoms with Gasteiger partial charge in [-0.25, -0.2) is 0 Å². The number of nitrogens with zero attached hydrogens (tertiary/aromatic N) is 1. The first kappa shape index (κ1) is 13.6. The van der Waals surface area contributed by atoms with Crippen molar-refractivity contribution in [2.45, 2.75) is 33.1 Å². The summed E-state index contributed by atoms with van der Waals surface area (Å²) < 4.78 is 0. The maximum absolute atomic E-state index is 10.4. The predicted molar refractivity (Wildman–Crippen MR) is 70.6 cm³/mol. The van der Waals surface area contributed by atoms with Gasteiger partial charge < -0.3 is 10.0 Å². The number of benzene rings is 1. The molecular formula is C14H21NO2. The molecule has 0 radical (unpaired) electrons. The van der Waals surface area contributed by atoms with Gasteiger partial charge in [0.1, 0.15) is 0 Å². The monoisotopic (exact) mass is 235 g/mol. The number of carboxylic acid groups (broad SMARTS) is 1. The van der Waals surface area contributed by atoms with Gasteiger partial charge in [-0.2, -0.15) is 0 Å². The van der Waals surface area contributed by atoms with Crippen molar-refractivity contribution in [3.05, 3.63) is 29.8 Å². The standard InChI is InChI=1S/C14H21NO2/c1-3-15(11-7-6-10-14(16)17)13-9-5-4-8-12(13)2/h4-5,8-9H,3,6-7,10-11H2,1-2H3,(H,16,17). The number of carboxylic acids is 1. The minimum atomic E-state index is -0.705. The fourth-order valence-electron chi connectivity index (χ4n) is 1.95. The summed E-state index contributed by atoms with van der Waals surface area (Å²) in [6.45, 7) is 6.12. The first-order valence-corrected chi connectivity index (χ1v) is 6.17. The number of aliphatic carboxylic acids is 1. The minimum Gasteiger partial charge on any atom is -0.481 e. The molecule has 0 heterocycles. The Morgan fingerprint density at radius 2 is 2.00 bits per heavy atom. The normalized spacial score (nSPS) is 10.2. The molecule has 0 saturated heterocycles. The summed E-state index contributed by atoms with van der Waals surface area (Å²) in [5.41, 5.74) is 2.53. The molecule has 1 aromatic rings. The highest BCUT2D eigenvalue weighted by molar-refractivity contribution is 5.66. The first-order valence-electron chi connectivity index (χ1n) is 6.17. The molecule has 1 N–H and O–H groups in total. The van der Waals surface area contributed by atoms with Crippen LogP contribution >= 0.6 is 0 Å². The molecule has 1 rings (SSSR count). The summed E-state index contributed by atoms with van der Waals surface area (Å²) in [5, 5.41) is 8.58. The topological polar surface area (TPSA) is 40.5 Å². The fourth-order valence-corrected chi connectivity index (χ4v) is 1.95. The number of anilines is 1. The van der Waals surface area contributed by atoms with E-state index in [4.69, 9.17) is 5.11 Å². The van der Waals surface area contributed by atoms with Crippen LogP contribution in [-0.2, 0) is 4.79 Å². The lowest BCUT2D eigenvalue weighted by Gasteiger charge is -2.24. The number of rotatable bonds is 7. The summed E-state index contributed by atoms with van der Waals surface area (Å²) in [5.74, 6) is -0.705. The second-order valence-corrected chi connectivity index (χ2v) is 4.22. The smallest absolute Gasteiger partial charge is 0.303 e. The fraction of sp³-hybridized carbons (Fsp3) is 0.500. The summed E-state index contributed by atoms with van der Waals surface area (Å²) in [6, 6.07) is 8.31. The van der Waals surface area contributed by atoms with Crippen molar-refractivity contribution >= 4 is 11.7 Å². The third kappa shape index (κ3) is 4.47. The van der Waals surface area contributed by atoms with E-state index in [0.29, 0.717) is 0 Å². The van der Waals surface area contributed by atoms with Crippen molar-refractivity contribution in [2.24, 2.45) is 0 Å². The van der Waals surface area contributed by atoms with E-state index in [2.05, 4.69) is 30.9 Å². The molecule has 94 valence electrons. The highest BCUT2D eigenvalue weighted by Gasteiger charge is 2.06. The molecule has 0 aliphatic rings. The Labute approximate surface area is 103 Å². The maximum Gasteiger partial charge on any atom is 0.303 e. The predicted octanol–water partition coefficient (Wildman–Crippen LogP) is 3.08. The lowest BCUT2D eigenvalue weighted by molar-refractivity contribution is -0.137. The summed E-state index contributed by atoms with van der Waals surface area (Å²) >= 11 is 0. The molecule has 3 heteroatoms. The summed E-state index contributed by atoms with van der Waals surface area (Å²) in [4.78, 5) is 12.7.